The number of carbonyl (C=O) groups excluding carboxylic acids is 3. The highest BCUT2D eigenvalue weighted by Gasteiger charge is 2.57. The van der Waals surface area contributed by atoms with Crippen LogP contribution in [0.5, 0.6) is 0 Å². The smallest absolute Gasteiger partial charge is 0.243 e. The molecule has 0 saturated heterocycles. The summed E-state index contributed by atoms with van der Waals surface area (Å²) in [5, 5.41) is 2.67. The number of nitrogens with one attached hydrogen (secondary N) is 1. The Bertz CT molecular complexity index is 535. The van der Waals surface area contributed by atoms with Gasteiger partial charge in [0.2, 0.25) is 5.91 Å². The Morgan fingerprint density at radius 1 is 1.12 bits per heavy atom. The molecule has 1 aliphatic heterocycles. The third-order valence-electron chi connectivity index (χ3n) is 3.32. The van der Waals surface area contributed by atoms with Crippen LogP contribution in [0.25, 0.3) is 0 Å². The van der Waals surface area contributed by atoms with Crippen molar-refractivity contribution in [2.75, 3.05) is 5.32 Å². The highest BCUT2D eigenvalue weighted by atomic mass is 16.2. The van der Waals surface area contributed by atoms with Crippen LogP contribution in [0.4, 0.5) is 5.69 Å². The topological polar surface area (TPSA) is 63.2 Å². The van der Waals surface area contributed by atoms with E-state index in [2.05, 4.69) is 5.32 Å². The lowest BCUT2D eigenvalue weighted by Gasteiger charge is -2.17. The fourth-order valence-electron chi connectivity index (χ4n) is 2.55. The SMILES string of the molecule is O=C1CC(=O)C2(C1)C(=O)Nc1ccccc12. The Morgan fingerprint density at radius 3 is 2.56 bits per heavy atom. The Kier molecular flexibility index (Phi) is 1.61. The maximum atomic E-state index is 11.9. The summed E-state index contributed by atoms with van der Waals surface area (Å²) in [6.45, 7) is 0. The van der Waals surface area contributed by atoms with Gasteiger partial charge in [0, 0.05) is 12.1 Å². The zero-order valence-electron chi connectivity index (χ0n) is 8.45. The van der Waals surface area contributed by atoms with Crippen molar-refractivity contribution >= 4 is 23.2 Å². The van der Waals surface area contributed by atoms with E-state index in [1.807, 2.05) is 0 Å². The monoisotopic (exact) mass is 215 g/mol. The predicted molar refractivity (Wildman–Crippen MR) is 56.0 cm³/mol. The summed E-state index contributed by atoms with van der Waals surface area (Å²) in [4.78, 5) is 35.2. The van der Waals surface area contributed by atoms with Crippen LogP contribution in [-0.4, -0.2) is 17.5 Å². The summed E-state index contributed by atoms with van der Waals surface area (Å²) in [5.41, 5.74) is 0.0691. The van der Waals surface area contributed by atoms with Crippen molar-refractivity contribution in [1.29, 1.82) is 0 Å². The van der Waals surface area contributed by atoms with Crippen LogP contribution in [0.2, 0.25) is 0 Å². The first kappa shape index (κ1) is 9.27. The Balaban J connectivity index is 2.25. The third kappa shape index (κ3) is 0.913. The highest BCUT2D eigenvalue weighted by Crippen LogP contribution is 2.45. The van der Waals surface area contributed by atoms with Crippen molar-refractivity contribution in [2.45, 2.75) is 18.3 Å². The molecule has 0 radical (unpaired) electrons. The van der Waals surface area contributed by atoms with Gasteiger partial charge in [-0.3, -0.25) is 14.4 Å². The Hall–Kier alpha value is -1.97. The van der Waals surface area contributed by atoms with Gasteiger partial charge < -0.3 is 5.32 Å². The summed E-state index contributed by atoms with van der Waals surface area (Å²) in [5.74, 6) is -0.790. The van der Waals surface area contributed by atoms with Gasteiger partial charge in [-0.25, -0.2) is 0 Å². The molecule has 0 aromatic heterocycles. The van der Waals surface area contributed by atoms with Gasteiger partial charge in [-0.15, -0.1) is 0 Å². The van der Waals surface area contributed by atoms with E-state index in [-0.39, 0.29) is 30.3 Å². The molecule has 4 heteroatoms. The minimum Gasteiger partial charge on any atom is -0.325 e. The standard InChI is InChI=1S/C12H9NO3/c14-7-5-10(15)12(6-7)8-3-1-2-4-9(8)13-11(12)16/h1-4H,5-6H2,(H,13,16). The summed E-state index contributed by atoms with van der Waals surface area (Å²) < 4.78 is 0. The van der Waals surface area contributed by atoms with E-state index < -0.39 is 5.41 Å². The molecule has 16 heavy (non-hydrogen) atoms. The number of rotatable bonds is 0. The minimum absolute atomic E-state index is 0.00861. The van der Waals surface area contributed by atoms with E-state index in [1.54, 1.807) is 24.3 Å². The zero-order chi connectivity index (χ0) is 11.3. The van der Waals surface area contributed by atoms with Crippen LogP contribution >= 0.6 is 0 Å². The van der Waals surface area contributed by atoms with Gasteiger partial charge >= 0.3 is 0 Å². The summed E-state index contributed by atoms with van der Waals surface area (Å²) in [6, 6.07) is 7.05. The summed E-state index contributed by atoms with van der Waals surface area (Å²) in [6.07, 6.45) is -0.115. The molecule has 1 N–H and O–H groups in total. The molecule has 1 heterocycles. The fraction of sp³-hybridized carbons (Fsp3) is 0.250. The molecular formula is C12H9NO3. The van der Waals surface area contributed by atoms with Gasteiger partial charge in [-0.05, 0) is 11.6 Å². The molecule has 2 aliphatic rings. The molecular weight excluding hydrogens is 206 g/mol. The molecule has 1 aromatic rings. The van der Waals surface area contributed by atoms with Gasteiger partial charge in [-0.1, -0.05) is 18.2 Å². The van der Waals surface area contributed by atoms with Crippen molar-refractivity contribution in [3.05, 3.63) is 29.8 Å². The van der Waals surface area contributed by atoms with E-state index in [1.165, 1.54) is 0 Å². The summed E-state index contributed by atoms with van der Waals surface area (Å²) >= 11 is 0. The molecule has 1 saturated carbocycles. The first-order valence-corrected chi connectivity index (χ1v) is 5.10. The van der Waals surface area contributed by atoms with E-state index >= 15 is 0 Å². The average Bonchev–Trinajstić information content (AvgIpc) is 2.69. The number of anilines is 1. The van der Waals surface area contributed by atoms with E-state index in [0.29, 0.717) is 11.3 Å². The second-order valence-electron chi connectivity index (χ2n) is 4.22. The number of Topliss-reactive ketones (excluding diaryl/α,β-unsaturated/α-hetero) is 2. The molecule has 3 rings (SSSR count). The number of benzene rings is 1. The molecule has 1 unspecified atom stereocenters. The van der Waals surface area contributed by atoms with Crippen molar-refractivity contribution < 1.29 is 14.4 Å². The van der Waals surface area contributed by atoms with E-state index in [0.717, 1.165) is 0 Å². The number of hydrogen-bond donors (Lipinski definition) is 1. The Morgan fingerprint density at radius 2 is 1.88 bits per heavy atom. The van der Waals surface area contributed by atoms with Gasteiger partial charge in [0.25, 0.3) is 0 Å². The van der Waals surface area contributed by atoms with E-state index in [4.69, 9.17) is 0 Å². The van der Waals surface area contributed by atoms with Crippen molar-refractivity contribution in [3.63, 3.8) is 0 Å². The summed E-state index contributed by atoms with van der Waals surface area (Å²) in [7, 11) is 0. The number of amides is 1. The number of hydrogen-bond acceptors (Lipinski definition) is 3. The van der Waals surface area contributed by atoms with Crippen LogP contribution in [0.15, 0.2) is 24.3 Å². The quantitative estimate of drug-likeness (QED) is 0.651. The lowest BCUT2D eigenvalue weighted by molar-refractivity contribution is -0.130. The predicted octanol–water partition coefficient (Wildman–Crippen LogP) is 0.808. The van der Waals surface area contributed by atoms with E-state index in [9.17, 15) is 14.4 Å². The minimum atomic E-state index is -1.23. The molecule has 1 atom stereocenters. The second-order valence-corrected chi connectivity index (χ2v) is 4.22. The maximum absolute atomic E-state index is 11.9. The van der Waals surface area contributed by atoms with Gasteiger partial charge in [-0.2, -0.15) is 0 Å². The van der Waals surface area contributed by atoms with Gasteiger partial charge in [0.15, 0.2) is 5.78 Å². The van der Waals surface area contributed by atoms with Crippen LogP contribution in [-0.2, 0) is 19.8 Å². The first-order chi connectivity index (χ1) is 7.64. The largest absolute Gasteiger partial charge is 0.325 e. The van der Waals surface area contributed by atoms with Crippen molar-refractivity contribution in [3.8, 4) is 0 Å². The fourth-order valence-corrected chi connectivity index (χ4v) is 2.55. The normalized spacial score (nSPS) is 27.4. The first-order valence-electron chi connectivity index (χ1n) is 5.10. The number of carbonyl (C=O) groups is 3. The third-order valence-corrected chi connectivity index (χ3v) is 3.32. The average molecular weight is 215 g/mol. The number of para-hydroxylation sites is 1. The second kappa shape index (κ2) is 2.78. The van der Waals surface area contributed by atoms with Crippen molar-refractivity contribution in [2.24, 2.45) is 0 Å². The zero-order valence-corrected chi connectivity index (χ0v) is 8.45. The molecule has 1 aliphatic carbocycles. The van der Waals surface area contributed by atoms with Crippen LogP contribution < -0.4 is 5.32 Å². The molecule has 1 aromatic carbocycles. The Labute approximate surface area is 91.6 Å². The number of ketones is 2. The van der Waals surface area contributed by atoms with Crippen molar-refractivity contribution in [1.82, 2.24) is 0 Å². The number of fused-ring (bicyclic) bond motifs is 2. The molecule has 80 valence electrons. The molecule has 1 spiro atoms. The van der Waals surface area contributed by atoms with Gasteiger partial charge in [0.05, 0.1) is 6.42 Å². The van der Waals surface area contributed by atoms with Gasteiger partial charge in [0.1, 0.15) is 11.2 Å². The molecule has 1 fully saturated rings. The van der Waals surface area contributed by atoms with Crippen LogP contribution in [0.1, 0.15) is 18.4 Å². The maximum Gasteiger partial charge on any atom is 0.243 e. The van der Waals surface area contributed by atoms with Crippen LogP contribution in [0.3, 0.4) is 0 Å². The highest BCUT2D eigenvalue weighted by molar-refractivity contribution is 6.29. The van der Waals surface area contributed by atoms with Crippen LogP contribution in [0, 0.1) is 0 Å². The molecule has 0 bridgehead atoms. The lowest BCUT2D eigenvalue weighted by Crippen LogP contribution is -2.38. The molecule has 1 amide bonds. The molecule has 4 nitrogen and oxygen atoms in total. The lowest BCUT2D eigenvalue weighted by atomic mass is 9.79.